The highest BCUT2D eigenvalue weighted by Gasteiger charge is 2.52. The summed E-state index contributed by atoms with van der Waals surface area (Å²) in [5.41, 5.74) is 2.07. The van der Waals surface area contributed by atoms with Gasteiger partial charge < -0.3 is 14.4 Å². The normalized spacial score (nSPS) is 20.6. The Morgan fingerprint density at radius 2 is 1.69 bits per heavy atom. The maximum atomic E-state index is 13.4. The lowest BCUT2D eigenvalue weighted by Gasteiger charge is -2.35. The first kappa shape index (κ1) is 26.0. The fourth-order valence-electron chi connectivity index (χ4n) is 4.87. The third-order valence-corrected chi connectivity index (χ3v) is 6.96. The minimum absolute atomic E-state index is 0.0304. The first-order valence-electron chi connectivity index (χ1n) is 12.2. The quantitative estimate of drug-likeness (QED) is 0.474. The highest BCUT2D eigenvalue weighted by molar-refractivity contribution is 5.82. The predicted octanol–water partition coefficient (Wildman–Crippen LogP) is 4.40. The molecule has 194 valence electrons. The Balaban J connectivity index is 1.29. The molecule has 0 aromatic heterocycles. The van der Waals surface area contributed by atoms with E-state index in [4.69, 9.17) is 4.74 Å². The van der Waals surface area contributed by atoms with Gasteiger partial charge in [0, 0.05) is 25.0 Å². The van der Waals surface area contributed by atoms with E-state index in [9.17, 15) is 22.8 Å². The van der Waals surface area contributed by atoms with Crippen LogP contribution in [-0.2, 0) is 20.9 Å². The number of esters is 1. The van der Waals surface area contributed by atoms with Crippen molar-refractivity contribution in [3.05, 3.63) is 65.7 Å². The molecular weight excluding hydrogens is 473 g/mol. The zero-order chi connectivity index (χ0) is 25.7. The van der Waals surface area contributed by atoms with Gasteiger partial charge in [-0.3, -0.25) is 9.69 Å². The zero-order valence-electron chi connectivity index (χ0n) is 20.2. The second-order valence-corrected chi connectivity index (χ2v) is 9.50. The first-order valence-corrected chi connectivity index (χ1v) is 12.2. The number of methoxy groups -OCH3 is 1. The molecule has 2 fully saturated rings. The average molecular weight is 505 g/mol. The van der Waals surface area contributed by atoms with Gasteiger partial charge in [-0.2, -0.15) is 13.2 Å². The number of amides is 1. The van der Waals surface area contributed by atoms with Gasteiger partial charge in [-0.15, -0.1) is 0 Å². The Hall–Kier alpha value is -3.07. The molecule has 1 aliphatic carbocycles. The summed E-state index contributed by atoms with van der Waals surface area (Å²) in [4.78, 5) is 26.8. The monoisotopic (exact) mass is 504 g/mol. The van der Waals surface area contributed by atoms with E-state index in [0.717, 1.165) is 42.0 Å². The molecule has 0 radical (unpaired) electrons. The van der Waals surface area contributed by atoms with Crippen molar-refractivity contribution >= 4 is 11.9 Å². The molecule has 1 aliphatic heterocycles. The minimum Gasteiger partial charge on any atom is -0.482 e. The summed E-state index contributed by atoms with van der Waals surface area (Å²) in [5.74, 6) is -1.58. The number of piperidine rings is 1. The minimum atomic E-state index is -4.86. The van der Waals surface area contributed by atoms with Crippen LogP contribution in [0.4, 0.5) is 13.2 Å². The number of hydrogen-bond donors (Lipinski definition) is 0. The molecule has 36 heavy (non-hydrogen) atoms. The maximum absolute atomic E-state index is 13.4. The first-order chi connectivity index (χ1) is 17.2. The van der Waals surface area contributed by atoms with E-state index < -0.39 is 18.1 Å². The van der Waals surface area contributed by atoms with Crippen LogP contribution in [0, 0.1) is 5.92 Å². The average Bonchev–Trinajstić information content (AvgIpc) is 3.68. The number of alkyl halides is 3. The lowest BCUT2D eigenvalue weighted by Crippen LogP contribution is -2.47. The molecule has 1 saturated heterocycles. The fourth-order valence-corrected chi connectivity index (χ4v) is 4.87. The second kappa shape index (κ2) is 11.3. The lowest BCUT2D eigenvalue weighted by molar-refractivity contribution is -0.187. The Morgan fingerprint density at radius 1 is 1.03 bits per heavy atom. The van der Waals surface area contributed by atoms with Crippen molar-refractivity contribution in [1.29, 1.82) is 0 Å². The number of carbonyl (C=O) groups excluding carboxylic acids is 2. The molecule has 1 heterocycles. The standard InChI is InChI=1S/C27H31F3N2O4/c1-35-25(33)18-36-22-9-7-19(8-10-22)16-31-13-11-20(12-14-31)17-32(26(34)27(28,29)30)24-15-23(24)21-5-3-2-4-6-21/h2-10,20,23-24H,11-18H2,1H3/t23-,24+/m0/s1. The van der Waals surface area contributed by atoms with Gasteiger partial charge in [0.25, 0.3) is 0 Å². The number of rotatable bonds is 9. The molecule has 2 aliphatic rings. The van der Waals surface area contributed by atoms with Crippen LogP contribution in [0.5, 0.6) is 5.75 Å². The summed E-state index contributed by atoms with van der Waals surface area (Å²) in [6.07, 6.45) is -2.81. The van der Waals surface area contributed by atoms with Crippen LogP contribution in [0.2, 0.25) is 0 Å². The molecule has 0 spiro atoms. The Bertz CT molecular complexity index is 1020. The Labute approximate surface area is 209 Å². The van der Waals surface area contributed by atoms with Crippen LogP contribution >= 0.6 is 0 Å². The highest BCUT2D eigenvalue weighted by Crippen LogP contribution is 2.46. The van der Waals surface area contributed by atoms with Gasteiger partial charge in [0.2, 0.25) is 0 Å². The van der Waals surface area contributed by atoms with Gasteiger partial charge in [-0.05, 0) is 61.5 Å². The van der Waals surface area contributed by atoms with E-state index in [1.54, 1.807) is 12.1 Å². The summed E-state index contributed by atoms with van der Waals surface area (Å²) in [5, 5.41) is 0. The molecule has 1 amide bonds. The molecule has 2 aromatic rings. The van der Waals surface area contributed by atoms with E-state index in [-0.39, 0.29) is 31.0 Å². The molecule has 9 heteroatoms. The summed E-state index contributed by atoms with van der Waals surface area (Å²) < 4.78 is 50.0. The van der Waals surface area contributed by atoms with Crippen LogP contribution in [0.15, 0.2) is 54.6 Å². The van der Waals surface area contributed by atoms with Crippen molar-refractivity contribution in [2.45, 2.75) is 43.9 Å². The molecule has 2 atom stereocenters. The summed E-state index contributed by atoms with van der Waals surface area (Å²) in [6.45, 7) is 2.22. The van der Waals surface area contributed by atoms with Crippen molar-refractivity contribution in [2.24, 2.45) is 5.92 Å². The number of likely N-dealkylation sites (tertiary alicyclic amines) is 1. The van der Waals surface area contributed by atoms with Crippen molar-refractivity contribution in [1.82, 2.24) is 9.80 Å². The van der Waals surface area contributed by atoms with Crippen LogP contribution < -0.4 is 4.74 Å². The molecule has 1 saturated carbocycles. The van der Waals surface area contributed by atoms with E-state index in [1.165, 1.54) is 7.11 Å². The predicted molar refractivity (Wildman–Crippen MR) is 127 cm³/mol. The number of hydrogen-bond acceptors (Lipinski definition) is 5. The smallest absolute Gasteiger partial charge is 0.471 e. The van der Waals surface area contributed by atoms with Crippen molar-refractivity contribution in [2.75, 3.05) is 33.4 Å². The maximum Gasteiger partial charge on any atom is 0.471 e. The lowest BCUT2D eigenvalue weighted by atomic mass is 9.95. The molecule has 2 aromatic carbocycles. The van der Waals surface area contributed by atoms with E-state index in [1.807, 2.05) is 42.5 Å². The van der Waals surface area contributed by atoms with Gasteiger partial charge >= 0.3 is 18.1 Å². The third-order valence-electron chi connectivity index (χ3n) is 6.96. The summed E-state index contributed by atoms with van der Waals surface area (Å²) in [7, 11) is 1.30. The van der Waals surface area contributed by atoms with Gasteiger partial charge in [-0.25, -0.2) is 4.79 Å². The number of carbonyl (C=O) groups is 2. The third kappa shape index (κ3) is 6.78. The fraction of sp³-hybridized carbons (Fsp3) is 0.481. The second-order valence-electron chi connectivity index (χ2n) is 9.50. The number of nitrogens with zero attached hydrogens (tertiary/aromatic N) is 2. The summed E-state index contributed by atoms with van der Waals surface area (Å²) >= 11 is 0. The van der Waals surface area contributed by atoms with Crippen molar-refractivity contribution in [3.63, 3.8) is 0 Å². The number of halogens is 3. The van der Waals surface area contributed by atoms with Crippen LogP contribution in [0.1, 0.15) is 36.3 Å². The molecule has 6 nitrogen and oxygen atoms in total. The largest absolute Gasteiger partial charge is 0.482 e. The molecule has 4 rings (SSSR count). The van der Waals surface area contributed by atoms with Gasteiger partial charge in [0.15, 0.2) is 6.61 Å². The molecule has 0 bridgehead atoms. The van der Waals surface area contributed by atoms with E-state index in [2.05, 4.69) is 9.64 Å². The zero-order valence-corrected chi connectivity index (χ0v) is 20.2. The highest BCUT2D eigenvalue weighted by atomic mass is 19.4. The van der Waals surface area contributed by atoms with Crippen molar-refractivity contribution in [3.8, 4) is 5.75 Å². The van der Waals surface area contributed by atoms with Gasteiger partial charge in [0.05, 0.1) is 7.11 Å². The number of benzene rings is 2. The van der Waals surface area contributed by atoms with E-state index in [0.29, 0.717) is 18.7 Å². The Morgan fingerprint density at radius 3 is 2.31 bits per heavy atom. The number of ether oxygens (including phenoxy) is 2. The Kier molecular flexibility index (Phi) is 8.18. The topological polar surface area (TPSA) is 59.1 Å². The van der Waals surface area contributed by atoms with E-state index >= 15 is 0 Å². The van der Waals surface area contributed by atoms with Crippen LogP contribution in [-0.4, -0.2) is 67.2 Å². The molecule has 0 unspecified atom stereocenters. The van der Waals surface area contributed by atoms with Gasteiger partial charge in [-0.1, -0.05) is 42.5 Å². The van der Waals surface area contributed by atoms with Crippen LogP contribution in [0.25, 0.3) is 0 Å². The SMILES string of the molecule is COC(=O)COc1ccc(CN2CCC(CN(C(=O)C(F)(F)F)[C@@H]3C[C@H]3c3ccccc3)CC2)cc1. The molecule has 0 N–H and O–H groups in total. The summed E-state index contributed by atoms with van der Waals surface area (Å²) in [6, 6.07) is 16.5. The molecular formula is C27H31F3N2O4. The van der Waals surface area contributed by atoms with Gasteiger partial charge in [0.1, 0.15) is 5.75 Å². The van der Waals surface area contributed by atoms with Crippen LogP contribution in [0.3, 0.4) is 0 Å². The van der Waals surface area contributed by atoms with Crippen molar-refractivity contribution < 1.29 is 32.2 Å².